The molecule has 0 fully saturated rings. The van der Waals surface area contributed by atoms with Crippen LogP contribution in [0.3, 0.4) is 0 Å². The third-order valence-electron chi connectivity index (χ3n) is 0. The zero-order chi connectivity index (χ0) is 2.00. The third-order valence-corrected chi connectivity index (χ3v) is 0. The quantitative estimate of drug-likeness (QED) is 0.454. The molecule has 0 amide bonds. The molecule has 0 unspecified atom stereocenters. The molecular formula is C4H9Y. The maximum absolute atomic E-state index is 3.25. The smallest absolute Gasteiger partial charge is 0.726 e. The molecule has 0 aromatic heterocycles. The minimum atomic E-state index is 0. The van der Waals surface area contributed by atoms with Gasteiger partial charge in [-0.25, -0.2) is 0 Å². The van der Waals surface area contributed by atoms with Crippen LogP contribution in [0, 0.1) is 21.8 Å². The molecule has 0 N–H and O–H groups in total. The van der Waals surface area contributed by atoms with Gasteiger partial charge in [0.25, 0.3) is 0 Å². The molecule has 0 heterocycles. The SMILES string of the molecule is [CH-].[CH2-]C.[CH3-].[Y+3]. The van der Waals surface area contributed by atoms with Crippen LogP contribution < -0.4 is 0 Å². The van der Waals surface area contributed by atoms with Gasteiger partial charge >= 0.3 is 32.7 Å². The van der Waals surface area contributed by atoms with Crippen molar-refractivity contribution < 1.29 is 32.7 Å². The molecule has 0 nitrogen and oxygen atoms in total. The Hall–Kier alpha value is 1.10. The van der Waals surface area contributed by atoms with Gasteiger partial charge in [0.05, 0.1) is 0 Å². The molecule has 0 spiro atoms. The van der Waals surface area contributed by atoms with E-state index >= 15 is 0 Å². The van der Waals surface area contributed by atoms with E-state index in [9.17, 15) is 0 Å². The molecule has 0 rings (SSSR count). The van der Waals surface area contributed by atoms with Crippen molar-refractivity contribution in [1.82, 2.24) is 0 Å². The number of hydrogen-bond acceptors (Lipinski definition) is 0. The first-order valence-electron chi connectivity index (χ1n) is 0.707. The Morgan fingerprint density at radius 2 is 1.20 bits per heavy atom. The zero-order valence-electron chi connectivity index (χ0n) is 3.86. The van der Waals surface area contributed by atoms with E-state index in [1.807, 2.05) is 0 Å². The summed E-state index contributed by atoms with van der Waals surface area (Å²) in [6.07, 6.45) is 0. The predicted molar refractivity (Wildman–Crippen MR) is 21.7 cm³/mol. The van der Waals surface area contributed by atoms with Crippen molar-refractivity contribution in [3.8, 4) is 0 Å². The van der Waals surface area contributed by atoms with Crippen molar-refractivity contribution in [2.45, 2.75) is 6.92 Å². The average Bonchev–Trinajstić information content (AvgIpc) is 1.00. The molecular weight excluding hydrogens is 137 g/mol. The van der Waals surface area contributed by atoms with Gasteiger partial charge in [0.1, 0.15) is 0 Å². The Bertz CT molecular complexity index is 3.61. The summed E-state index contributed by atoms with van der Waals surface area (Å²) in [7, 11) is 0. The first-order valence-corrected chi connectivity index (χ1v) is 0.707. The van der Waals surface area contributed by atoms with Crippen LogP contribution in [0.2, 0.25) is 0 Å². The van der Waals surface area contributed by atoms with Crippen LogP contribution in [0.1, 0.15) is 6.92 Å². The van der Waals surface area contributed by atoms with Gasteiger partial charge < -0.3 is 21.8 Å². The molecule has 0 aromatic rings. The molecule has 0 atom stereocenters. The predicted octanol–water partition coefficient (Wildman–Crippen LogP) is 1.49. The normalized spacial score (nSPS) is 1.20. The maximum Gasteiger partial charge on any atom is 3.00 e. The van der Waals surface area contributed by atoms with Gasteiger partial charge in [-0.2, -0.15) is 6.92 Å². The second-order valence-corrected chi connectivity index (χ2v) is 0. The van der Waals surface area contributed by atoms with Gasteiger partial charge in [-0.1, -0.05) is 0 Å². The van der Waals surface area contributed by atoms with Gasteiger partial charge in [-0.3, -0.25) is 0 Å². The molecule has 1 heteroatoms. The van der Waals surface area contributed by atoms with Gasteiger partial charge in [-0.15, -0.1) is 0 Å². The van der Waals surface area contributed by atoms with Crippen molar-refractivity contribution in [2.24, 2.45) is 0 Å². The number of hydrogen-bond donors (Lipinski definition) is 0. The molecule has 0 saturated carbocycles. The Labute approximate surface area is 61.2 Å². The van der Waals surface area contributed by atoms with E-state index < -0.39 is 0 Å². The molecule has 0 aliphatic heterocycles. The van der Waals surface area contributed by atoms with E-state index in [0.717, 1.165) is 0 Å². The standard InChI is InChI=1S/C2H5.CH3.CH.Y/c1-2;;;/h1H2,2H3;1H3;1H;/q3*-1;+3. The van der Waals surface area contributed by atoms with Gasteiger partial charge in [0.2, 0.25) is 0 Å². The summed E-state index contributed by atoms with van der Waals surface area (Å²) >= 11 is 0. The second-order valence-electron chi connectivity index (χ2n) is 0. The van der Waals surface area contributed by atoms with Crippen molar-refractivity contribution in [2.75, 3.05) is 0 Å². The Morgan fingerprint density at radius 3 is 1.20 bits per heavy atom. The molecule has 5 heavy (non-hydrogen) atoms. The molecule has 0 bridgehead atoms. The van der Waals surface area contributed by atoms with E-state index in [0.29, 0.717) is 0 Å². The van der Waals surface area contributed by atoms with Crippen LogP contribution in [0.5, 0.6) is 0 Å². The second kappa shape index (κ2) is 70.5. The van der Waals surface area contributed by atoms with E-state index in [4.69, 9.17) is 0 Å². The van der Waals surface area contributed by atoms with Crippen molar-refractivity contribution in [3.63, 3.8) is 0 Å². The molecule has 0 aliphatic carbocycles. The summed E-state index contributed by atoms with van der Waals surface area (Å²) in [5.74, 6) is 0. The van der Waals surface area contributed by atoms with Crippen LogP contribution in [0.25, 0.3) is 0 Å². The summed E-state index contributed by atoms with van der Waals surface area (Å²) < 4.78 is 0. The Kier molecular flexibility index (Phi) is 507. The zero-order valence-corrected chi connectivity index (χ0v) is 6.70. The van der Waals surface area contributed by atoms with E-state index in [1.165, 1.54) is 0 Å². The fourth-order valence-corrected chi connectivity index (χ4v) is 0. The molecule has 0 aromatic carbocycles. The van der Waals surface area contributed by atoms with Gasteiger partial charge in [-0.05, 0) is 0 Å². The Morgan fingerprint density at radius 1 is 1.20 bits per heavy atom. The van der Waals surface area contributed by atoms with Crippen LogP contribution in [-0.4, -0.2) is 0 Å². The van der Waals surface area contributed by atoms with Crippen LogP contribution in [-0.2, 0) is 32.7 Å². The number of rotatable bonds is 0. The van der Waals surface area contributed by atoms with Crippen LogP contribution in [0.15, 0.2) is 0 Å². The first kappa shape index (κ1) is 35.9. The van der Waals surface area contributed by atoms with Crippen molar-refractivity contribution in [1.29, 1.82) is 0 Å². The summed E-state index contributed by atoms with van der Waals surface area (Å²) in [6, 6.07) is 0. The van der Waals surface area contributed by atoms with Crippen molar-refractivity contribution >= 4 is 0 Å². The minimum Gasteiger partial charge on any atom is -0.726 e. The van der Waals surface area contributed by atoms with E-state index in [1.54, 1.807) is 6.92 Å². The maximum atomic E-state index is 3.25. The minimum absolute atomic E-state index is 0. The first-order chi connectivity index (χ1) is 1.00. The fourth-order valence-electron chi connectivity index (χ4n) is 0. The molecule has 2 radical (unpaired) electrons. The molecule has 0 aliphatic rings. The third kappa shape index (κ3) is 40.4. The van der Waals surface area contributed by atoms with Crippen molar-refractivity contribution in [3.05, 3.63) is 21.8 Å². The topological polar surface area (TPSA) is 0 Å². The summed E-state index contributed by atoms with van der Waals surface area (Å²) in [6.45, 7) is 5.00. The van der Waals surface area contributed by atoms with Crippen LogP contribution in [0.4, 0.5) is 0 Å². The van der Waals surface area contributed by atoms with E-state index in [2.05, 4.69) is 6.92 Å². The summed E-state index contributed by atoms with van der Waals surface area (Å²) in [5, 5.41) is 0. The van der Waals surface area contributed by atoms with Crippen LogP contribution >= 0.6 is 0 Å². The molecule has 28 valence electrons. The fraction of sp³-hybridized carbons (Fsp3) is 0.250. The average molecular weight is 146 g/mol. The Balaban J connectivity index is -0.00000000167. The monoisotopic (exact) mass is 146 g/mol. The van der Waals surface area contributed by atoms with E-state index in [-0.39, 0.29) is 47.6 Å². The summed E-state index contributed by atoms with van der Waals surface area (Å²) in [4.78, 5) is 0. The molecule has 0 saturated heterocycles. The van der Waals surface area contributed by atoms with Gasteiger partial charge in [0, 0.05) is 0 Å². The largest absolute Gasteiger partial charge is 3.00 e. The van der Waals surface area contributed by atoms with Gasteiger partial charge in [0.15, 0.2) is 0 Å². The summed E-state index contributed by atoms with van der Waals surface area (Å²) in [5.41, 5.74) is 0.